The maximum atomic E-state index is 11.9. The van der Waals surface area contributed by atoms with Crippen LogP contribution in [0, 0.1) is 6.92 Å². The summed E-state index contributed by atoms with van der Waals surface area (Å²) in [6.07, 6.45) is -0.791. The van der Waals surface area contributed by atoms with E-state index < -0.39 is 18.8 Å². The Morgan fingerprint density at radius 1 is 1.30 bits per heavy atom. The number of hydrogen-bond donors (Lipinski definition) is 2. The summed E-state index contributed by atoms with van der Waals surface area (Å²) in [6, 6.07) is 8.45. The van der Waals surface area contributed by atoms with Gasteiger partial charge in [-0.2, -0.15) is 13.2 Å². The number of benzene rings is 1. The van der Waals surface area contributed by atoms with Crippen LogP contribution in [-0.4, -0.2) is 30.4 Å². The Morgan fingerprint density at radius 3 is 2.67 bits per heavy atom. The molecule has 0 fully saturated rings. The molecular weight excluding hydrogens is 399 g/mol. The van der Waals surface area contributed by atoms with Gasteiger partial charge in [0.25, 0.3) is 0 Å². The van der Waals surface area contributed by atoms with Crippen LogP contribution in [0.2, 0.25) is 0 Å². The molecule has 2 amide bonds. The third-order valence-corrected chi connectivity index (χ3v) is 3.78. The number of halogens is 3. The van der Waals surface area contributed by atoms with Crippen LogP contribution in [0.3, 0.4) is 0 Å². The number of nitrogens with one attached hydrogen (secondary N) is 1. The zero-order valence-electron chi connectivity index (χ0n) is 17.4. The van der Waals surface area contributed by atoms with Crippen LogP contribution in [0.25, 0.3) is 0 Å². The first kappa shape index (κ1) is 25.1. The fraction of sp³-hybridized carbons (Fsp3) is 0.429. The van der Waals surface area contributed by atoms with Gasteiger partial charge in [0.2, 0.25) is 5.88 Å². The molecule has 0 saturated heterocycles. The number of fused-ring (bicyclic) bond motifs is 1. The molecule has 3 N–H and O–H groups in total. The van der Waals surface area contributed by atoms with Gasteiger partial charge in [-0.05, 0) is 42.5 Å². The van der Waals surface area contributed by atoms with Crippen LogP contribution in [0.5, 0.6) is 11.6 Å². The minimum atomic E-state index is -4.41. The second-order valence-corrected chi connectivity index (χ2v) is 6.14. The van der Waals surface area contributed by atoms with Gasteiger partial charge < -0.3 is 20.5 Å². The molecule has 1 aromatic carbocycles. The molecule has 0 aliphatic carbocycles. The molecule has 0 unspecified atom stereocenters. The molecule has 9 heteroatoms. The van der Waals surface area contributed by atoms with E-state index in [0.29, 0.717) is 5.56 Å². The van der Waals surface area contributed by atoms with E-state index >= 15 is 0 Å². The summed E-state index contributed by atoms with van der Waals surface area (Å²) < 4.78 is 45.6. The second-order valence-electron chi connectivity index (χ2n) is 6.14. The highest BCUT2D eigenvalue weighted by molar-refractivity contribution is 5.71. The molecule has 0 radical (unpaired) electrons. The number of nitrogens with two attached hydrogens (primary N) is 1. The van der Waals surface area contributed by atoms with Gasteiger partial charge in [0, 0.05) is 18.8 Å². The number of urea groups is 1. The lowest BCUT2D eigenvalue weighted by Crippen LogP contribution is -2.28. The predicted octanol–water partition coefficient (Wildman–Crippen LogP) is 4.54. The van der Waals surface area contributed by atoms with E-state index in [2.05, 4.69) is 40.2 Å². The number of hydrogen-bond acceptors (Lipinski definition) is 4. The highest BCUT2D eigenvalue weighted by Gasteiger charge is 2.28. The average Bonchev–Trinajstić information content (AvgIpc) is 2.73. The van der Waals surface area contributed by atoms with Crippen molar-refractivity contribution in [1.29, 1.82) is 0 Å². The highest BCUT2D eigenvalue weighted by atomic mass is 19.4. The lowest BCUT2D eigenvalue weighted by molar-refractivity contribution is -0.154. The number of para-hydroxylation sites is 1. The van der Waals surface area contributed by atoms with Gasteiger partial charge in [-0.15, -0.1) is 0 Å². The smallest absolute Gasteiger partial charge is 0.422 e. The van der Waals surface area contributed by atoms with Crippen molar-refractivity contribution < 1.29 is 27.4 Å². The van der Waals surface area contributed by atoms with Gasteiger partial charge in [-0.25, -0.2) is 9.78 Å². The van der Waals surface area contributed by atoms with Gasteiger partial charge in [0.1, 0.15) is 5.75 Å². The maximum absolute atomic E-state index is 11.9. The van der Waals surface area contributed by atoms with E-state index in [9.17, 15) is 18.0 Å². The van der Waals surface area contributed by atoms with Crippen molar-refractivity contribution >= 4 is 6.03 Å². The summed E-state index contributed by atoms with van der Waals surface area (Å²) in [5.74, 6) is 0.963. The summed E-state index contributed by atoms with van der Waals surface area (Å²) in [6.45, 7) is 5.68. The number of aryl methyl sites for hydroxylation is 2. The Labute approximate surface area is 174 Å². The number of ether oxygens (including phenoxy) is 2. The number of rotatable bonds is 4. The van der Waals surface area contributed by atoms with Gasteiger partial charge in [-0.1, -0.05) is 32.0 Å². The molecule has 1 aliphatic heterocycles. The third kappa shape index (κ3) is 9.49. The lowest BCUT2D eigenvalue weighted by atomic mass is 10.0. The first-order chi connectivity index (χ1) is 14.2. The highest BCUT2D eigenvalue weighted by Crippen LogP contribution is 2.27. The van der Waals surface area contributed by atoms with Crippen LogP contribution in [0.15, 0.2) is 36.5 Å². The van der Waals surface area contributed by atoms with E-state index in [1.54, 1.807) is 0 Å². The predicted molar refractivity (Wildman–Crippen MR) is 109 cm³/mol. The molecule has 1 aromatic heterocycles. The number of alkyl halides is 3. The number of aromatic nitrogens is 1. The van der Waals surface area contributed by atoms with Crippen LogP contribution >= 0.6 is 0 Å². The largest absolute Gasteiger partial charge is 0.493 e. The molecular formula is C21H28F3N3O3. The van der Waals surface area contributed by atoms with E-state index in [0.717, 1.165) is 18.8 Å². The molecule has 2 heterocycles. The number of carbonyl (C=O) groups is 1. The van der Waals surface area contributed by atoms with Crippen LogP contribution in [0.4, 0.5) is 18.0 Å². The molecule has 0 bridgehead atoms. The summed E-state index contributed by atoms with van der Waals surface area (Å²) in [7, 11) is 0. The van der Waals surface area contributed by atoms with Gasteiger partial charge in [0.15, 0.2) is 6.61 Å². The summed E-state index contributed by atoms with van der Waals surface area (Å²) in [5.41, 5.74) is 8.02. The summed E-state index contributed by atoms with van der Waals surface area (Å²) in [4.78, 5) is 14.0. The molecule has 30 heavy (non-hydrogen) atoms. The zero-order valence-corrected chi connectivity index (χ0v) is 17.4. The van der Waals surface area contributed by atoms with Crippen molar-refractivity contribution in [3.05, 3.63) is 53.2 Å². The zero-order chi connectivity index (χ0) is 22.6. The lowest BCUT2D eigenvalue weighted by Gasteiger charge is -2.18. The van der Waals surface area contributed by atoms with Crippen LogP contribution in [0.1, 0.15) is 37.0 Å². The topological polar surface area (TPSA) is 86.5 Å². The SMILES string of the molecule is CC.Cc1cccc2c1OCCC2.NC(=O)NCc1ccnc(OCC(F)(F)F)c1. The standard InChI is InChI=1S/C10H12O.C9H10F3N3O2.C2H6/c1-8-4-2-5-9-6-3-7-11-10(8)9;10-9(11,12)5-17-7-3-6(1-2-14-7)4-15-8(13)16;1-2/h2,4-5H,3,6-7H2,1H3;1-3H,4-5H2,(H3,13,15,16);1-2H3. The minimum Gasteiger partial charge on any atom is -0.493 e. The number of nitrogens with zero attached hydrogens (tertiary/aromatic N) is 1. The monoisotopic (exact) mass is 427 g/mol. The van der Waals surface area contributed by atoms with Crippen molar-refractivity contribution in [2.24, 2.45) is 5.73 Å². The average molecular weight is 427 g/mol. The second kappa shape index (κ2) is 12.6. The quantitative estimate of drug-likeness (QED) is 0.750. The van der Waals surface area contributed by atoms with Crippen LogP contribution in [-0.2, 0) is 13.0 Å². The number of pyridine rings is 1. The Bertz CT molecular complexity index is 799. The van der Waals surface area contributed by atoms with E-state index in [-0.39, 0.29) is 12.4 Å². The Hall–Kier alpha value is -2.97. The van der Waals surface area contributed by atoms with Crippen molar-refractivity contribution in [1.82, 2.24) is 10.3 Å². The van der Waals surface area contributed by atoms with Crippen molar-refractivity contribution in [3.63, 3.8) is 0 Å². The molecule has 0 spiro atoms. The molecule has 0 atom stereocenters. The third-order valence-electron chi connectivity index (χ3n) is 3.78. The van der Waals surface area contributed by atoms with Gasteiger partial charge in [-0.3, -0.25) is 0 Å². The molecule has 166 valence electrons. The Kier molecular flexibility index (Phi) is 10.5. The van der Waals surface area contributed by atoms with Crippen LogP contribution < -0.4 is 20.5 Å². The van der Waals surface area contributed by atoms with Crippen molar-refractivity contribution in [3.8, 4) is 11.6 Å². The Balaban J connectivity index is 0.000000296. The molecule has 3 rings (SSSR count). The van der Waals surface area contributed by atoms with Gasteiger partial charge >= 0.3 is 12.2 Å². The maximum Gasteiger partial charge on any atom is 0.422 e. The van der Waals surface area contributed by atoms with Crippen molar-refractivity contribution in [2.45, 2.75) is 46.3 Å². The normalized spacial score (nSPS) is 12.1. The molecule has 6 nitrogen and oxygen atoms in total. The molecule has 1 aliphatic rings. The Morgan fingerprint density at radius 2 is 2.03 bits per heavy atom. The molecule has 2 aromatic rings. The fourth-order valence-corrected chi connectivity index (χ4v) is 2.54. The number of carbonyl (C=O) groups excluding carboxylic acids is 1. The summed E-state index contributed by atoms with van der Waals surface area (Å²) >= 11 is 0. The first-order valence-corrected chi connectivity index (χ1v) is 9.63. The van der Waals surface area contributed by atoms with E-state index in [1.807, 2.05) is 13.8 Å². The number of amides is 2. The fourth-order valence-electron chi connectivity index (χ4n) is 2.54. The minimum absolute atomic E-state index is 0.0975. The van der Waals surface area contributed by atoms with Crippen molar-refractivity contribution in [2.75, 3.05) is 13.2 Å². The number of primary amides is 1. The van der Waals surface area contributed by atoms with E-state index in [4.69, 9.17) is 10.5 Å². The molecule has 0 saturated carbocycles. The first-order valence-electron chi connectivity index (χ1n) is 9.63. The van der Waals surface area contributed by atoms with E-state index in [1.165, 1.54) is 35.9 Å². The summed E-state index contributed by atoms with van der Waals surface area (Å²) in [5, 5.41) is 2.29. The van der Waals surface area contributed by atoms with Gasteiger partial charge in [0.05, 0.1) is 6.61 Å².